The zero-order valence-electron chi connectivity index (χ0n) is 15.6. The molecule has 0 aliphatic rings. The summed E-state index contributed by atoms with van der Waals surface area (Å²) in [6.45, 7) is 2.77. The number of hydrogen-bond donors (Lipinski definition) is 2. The maximum Gasteiger partial charge on any atom is 0.291 e. The molecule has 0 aliphatic heterocycles. The summed E-state index contributed by atoms with van der Waals surface area (Å²) in [7, 11) is 0. The number of hydrogen-bond acceptors (Lipinski definition) is 4. The third-order valence-corrected chi connectivity index (χ3v) is 4.01. The molecule has 0 saturated carbocycles. The van der Waals surface area contributed by atoms with Crippen LogP contribution in [0.5, 0.6) is 5.75 Å². The van der Waals surface area contributed by atoms with Gasteiger partial charge in [-0.3, -0.25) is 9.59 Å². The molecule has 0 fully saturated rings. The van der Waals surface area contributed by atoms with Gasteiger partial charge in [-0.2, -0.15) is 0 Å². The Morgan fingerprint density at radius 2 is 1.64 bits per heavy atom. The molecule has 0 radical (unpaired) electrons. The quantitative estimate of drug-likeness (QED) is 0.543. The predicted molar refractivity (Wildman–Crippen MR) is 108 cm³/mol. The molecule has 0 saturated heterocycles. The lowest BCUT2D eigenvalue weighted by Gasteiger charge is -2.09. The lowest BCUT2D eigenvalue weighted by molar-refractivity contribution is 0.0995. The van der Waals surface area contributed by atoms with Crippen molar-refractivity contribution < 1.29 is 18.7 Å². The molecule has 0 bridgehead atoms. The average Bonchev–Trinajstić information content (AvgIpc) is 3.24. The minimum atomic E-state index is -0.355. The highest BCUT2D eigenvalue weighted by molar-refractivity contribution is 6.05. The molecule has 28 heavy (non-hydrogen) atoms. The van der Waals surface area contributed by atoms with Crippen molar-refractivity contribution in [3.63, 3.8) is 0 Å². The highest BCUT2D eigenvalue weighted by atomic mass is 16.5. The Morgan fingerprint density at radius 1 is 0.929 bits per heavy atom. The smallest absolute Gasteiger partial charge is 0.291 e. The zero-order valence-corrected chi connectivity index (χ0v) is 15.6. The normalized spacial score (nSPS) is 10.3. The first kappa shape index (κ1) is 19.2. The Hall–Kier alpha value is -3.54. The number of amides is 2. The summed E-state index contributed by atoms with van der Waals surface area (Å²) in [5.74, 6) is 0.366. The molecule has 1 aromatic heterocycles. The minimum Gasteiger partial charge on any atom is -0.494 e. The van der Waals surface area contributed by atoms with Crippen molar-refractivity contribution in [2.24, 2.45) is 0 Å². The van der Waals surface area contributed by atoms with Crippen LogP contribution in [-0.4, -0.2) is 18.4 Å². The van der Waals surface area contributed by atoms with Gasteiger partial charge in [-0.1, -0.05) is 19.4 Å². The second-order valence-corrected chi connectivity index (χ2v) is 6.19. The monoisotopic (exact) mass is 378 g/mol. The summed E-state index contributed by atoms with van der Waals surface area (Å²) in [6, 6.07) is 17.1. The summed E-state index contributed by atoms with van der Waals surface area (Å²) in [5.41, 5.74) is 1.65. The van der Waals surface area contributed by atoms with Crippen LogP contribution in [0.1, 0.15) is 40.7 Å². The van der Waals surface area contributed by atoms with Gasteiger partial charge in [0.1, 0.15) is 5.75 Å². The van der Waals surface area contributed by atoms with Gasteiger partial charge in [0, 0.05) is 16.9 Å². The van der Waals surface area contributed by atoms with Crippen LogP contribution < -0.4 is 15.4 Å². The summed E-state index contributed by atoms with van der Waals surface area (Å²) in [6.07, 6.45) is 3.50. The van der Waals surface area contributed by atoms with E-state index in [0.717, 1.165) is 18.6 Å². The molecule has 144 valence electrons. The molecule has 2 N–H and O–H groups in total. The molecule has 0 aliphatic carbocycles. The SMILES string of the molecule is CCCCOc1ccc(C(=O)Nc2cccc(NC(=O)c3ccco3)c2)cc1. The number of nitrogens with one attached hydrogen (secondary N) is 2. The molecule has 3 rings (SSSR count). The van der Waals surface area contributed by atoms with Crippen LogP contribution in [0.25, 0.3) is 0 Å². The molecule has 2 amide bonds. The standard InChI is InChI=1S/C22H22N2O4/c1-2-3-13-27-19-11-9-16(10-12-19)21(25)23-17-6-4-7-18(15-17)24-22(26)20-8-5-14-28-20/h4-12,14-15H,2-3,13H2,1H3,(H,23,25)(H,24,26). The molecule has 2 aromatic carbocycles. The van der Waals surface area contributed by atoms with Crippen LogP contribution >= 0.6 is 0 Å². The fraction of sp³-hybridized carbons (Fsp3) is 0.182. The lowest BCUT2D eigenvalue weighted by atomic mass is 10.2. The summed E-state index contributed by atoms with van der Waals surface area (Å²) in [4.78, 5) is 24.5. The van der Waals surface area contributed by atoms with Crippen LogP contribution in [0.3, 0.4) is 0 Å². The molecule has 0 unspecified atom stereocenters. The molecular formula is C22H22N2O4. The number of rotatable bonds is 8. The van der Waals surface area contributed by atoms with Crippen LogP contribution in [0.4, 0.5) is 11.4 Å². The minimum absolute atomic E-state index is 0.218. The Balaban J connectivity index is 1.60. The molecule has 3 aromatic rings. The molecule has 0 spiro atoms. The Bertz CT molecular complexity index is 918. The van der Waals surface area contributed by atoms with E-state index in [1.807, 2.05) is 0 Å². The van der Waals surface area contributed by atoms with E-state index >= 15 is 0 Å². The molecular weight excluding hydrogens is 356 g/mol. The average molecular weight is 378 g/mol. The van der Waals surface area contributed by atoms with Gasteiger partial charge in [-0.05, 0) is 61.0 Å². The number of carbonyl (C=O) groups is 2. The maximum atomic E-state index is 12.5. The van der Waals surface area contributed by atoms with E-state index in [1.165, 1.54) is 6.26 Å². The van der Waals surface area contributed by atoms with E-state index < -0.39 is 0 Å². The van der Waals surface area contributed by atoms with Crippen LogP contribution in [-0.2, 0) is 0 Å². The van der Waals surface area contributed by atoms with Crippen molar-refractivity contribution in [2.45, 2.75) is 19.8 Å². The second-order valence-electron chi connectivity index (χ2n) is 6.19. The van der Waals surface area contributed by atoms with Crippen molar-refractivity contribution in [1.29, 1.82) is 0 Å². The van der Waals surface area contributed by atoms with E-state index in [9.17, 15) is 9.59 Å². The first-order chi connectivity index (χ1) is 13.7. The number of unbranched alkanes of at least 4 members (excludes halogenated alkanes) is 1. The van der Waals surface area contributed by atoms with Gasteiger partial charge in [0.05, 0.1) is 12.9 Å². The Kier molecular flexibility index (Phi) is 6.46. The predicted octanol–water partition coefficient (Wildman–Crippen LogP) is 4.96. The number of ether oxygens (including phenoxy) is 1. The Labute approximate surface area is 163 Å². The Morgan fingerprint density at radius 3 is 2.29 bits per heavy atom. The third kappa shape index (κ3) is 5.23. The number of furan rings is 1. The van der Waals surface area contributed by atoms with Crippen molar-refractivity contribution >= 4 is 23.2 Å². The fourth-order valence-corrected chi connectivity index (χ4v) is 2.52. The van der Waals surface area contributed by atoms with Gasteiger partial charge in [-0.15, -0.1) is 0 Å². The summed E-state index contributed by atoms with van der Waals surface area (Å²) >= 11 is 0. The topological polar surface area (TPSA) is 80.6 Å². The second kappa shape index (κ2) is 9.41. The molecule has 6 nitrogen and oxygen atoms in total. The van der Waals surface area contributed by atoms with Crippen molar-refractivity contribution in [3.8, 4) is 5.75 Å². The van der Waals surface area contributed by atoms with E-state index in [2.05, 4.69) is 17.6 Å². The van der Waals surface area contributed by atoms with Gasteiger partial charge in [0.25, 0.3) is 11.8 Å². The van der Waals surface area contributed by atoms with Crippen LogP contribution in [0, 0.1) is 0 Å². The first-order valence-electron chi connectivity index (χ1n) is 9.15. The maximum absolute atomic E-state index is 12.5. The fourth-order valence-electron chi connectivity index (χ4n) is 2.52. The van der Waals surface area contributed by atoms with Crippen LogP contribution in [0.15, 0.2) is 71.3 Å². The van der Waals surface area contributed by atoms with Gasteiger partial charge < -0.3 is 19.8 Å². The van der Waals surface area contributed by atoms with E-state index in [-0.39, 0.29) is 17.6 Å². The molecule has 6 heteroatoms. The van der Waals surface area contributed by atoms with E-state index in [1.54, 1.807) is 60.7 Å². The summed E-state index contributed by atoms with van der Waals surface area (Å²) in [5, 5.41) is 5.55. The van der Waals surface area contributed by atoms with Crippen molar-refractivity contribution in [1.82, 2.24) is 0 Å². The van der Waals surface area contributed by atoms with E-state index in [4.69, 9.17) is 9.15 Å². The molecule has 0 atom stereocenters. The highest BCUT2D eigenvalue weighted by Gasteiger charge is 2.10. The number of benzene rings is 2. The van der Waals surface area contributed by atoms with Gasteiger partial charge in [-0.25, -0.2) is 0 Å². The van der Waals surface area contributed by atoms with E-state index in [0.29, 0.717) is 23.5 Å². The van der Waals surface area contributed by atoms with Crippen LogP contribution in [0.2, 0.25) is 0 Å². The number of carbonyl (C=O) groups excluding carboxylic acids is 2. The first-order valence-corrected chi connectivity index (χ1v) is 9.15. The van der Waals surface area contributed by atoms with Crippen molar-refractivity contribution in [3.05, 3.63) is 78.3 Å². The number of anilines is 2. The van der Waals surface area contributed by atoms with Crippen molar-refractivity contribution in [2.75, 3.05) is 17.2 Å². The van der Waals surface area contributed by atoms with Gasteiger partial charge in [0.2, 0.25) is 0 Å². The zero-order chi connectivity index (χ0) is 19.8. The lowest BCUT2D eigenvalue weighted by Crippen LogP contribution is -2.13. The third-order valence-electron chi connectivity index (χ3n) is 4.01. The van der Waals surface area contributed by atoms with Gasteiger partial charge in [0.15, 0.2) is 5.76 Å². The summed E-state index contributed by atoms with van der Waals surface area (Å²) < 4.78 is 10.7. The molecule has 1 heterocycles. The highest BCUT2D eigenvalue weighted by Crippen LogP contribution is 2.18. The van der Waals surface area contributed by atoms with Gasteiger partial charge >= 0.3 is 0 Å². The largest absolute Gasteiger partial charge is 0.494 e.